The number of benzene rings is 2. The van der Waals surface area contributed by atoms with Crippen LogP contribution in [0, 0.1) is 6.92 Å². The first-order chi connectivity index (χ1) is 15.3. The molecule has 162 valence electrons. The predicted molar refractivity (Wildman–Crippen MR) is 132 cm³/mol. The Kier molecular flexibility index (Phi) is 5.86. The standard InChI is InChI=1S/C24H21ClN4O2S/c1-15-6-7-19(14-21(15)25)29-23(31)20(22(30)26-24(29)32)13-18-5-4-12-28(18)17-10-8-16(9-11-17)27(2)3/h4-14H,1-3H3,(H,26,30,32)/b20-13+. The second-order valence-electron chi connectivity index (χ2n) is 7.61. The largest absolute Gasteiger partial charge is 0.378 e. The van der Waals surface area contributed by atoms with E-state index in [4.69, 9.17) is 23.8 Å². The van der Waals surface area contributed by atoms with Crippen LogP contribution in [0.25, 0.3) is 11.8 Å². The van der Waals surface area contributed by atoms with E-state index in [1.54, 1.807) is 24.3 Å². The average molecular weight is 465 g/mol. The molecule has 0 atom stereocenters. The van der Waals surface area contributed by atoms with E-state index in [1.807, 2.05) is 73.1 Å². The maximum absolute atomic E-state index is 13.3. The normalized spacial score (nSPS) is 15.3. The molecular weight excluding hydrogens is 444 g/mol. The van der Waals surface area contributed by atoms with Crippen LogP contribution in [-0.4, -0.2) is 35.6 Å². The Morgan fingerprint density at radius 2 is 1.72 bits per heavy atom. The van der Waals surface area contributed by atoms with Crippen molar-refractivity contribution in [2.45, 2.75) is 6.92 Å². The minimum Gasteiger partial charge on any atom is -0.378 e. The smallest absolute Gasteiger partial charge is 0.270 e. The van der Waals surface area contributed by atoms with Gasteiger partial charge in [0.1, 0.15) is 5.57 Å². The van der Waals surface area contributed by atoms with Gasteiger partial charge in [-0.3, -0.25) is 19.8 Å². The summed E-state index contributed by atoms with van der Waals surface area (Å²) >= 11 is 11.5. The highest BCUT2D eigenvalue weighted by molar-refractivity contribution is 7.80. The van der Waals surface area contributed by atoms with Gasteiger partial charge in [0.2, 0.25) is 0 Å². The minimum absolute atomic E-state index is 0.0137. The maximum Gasteiger partial charge on any atom is 0.270 e. The van der Waals surface area contributed by atoms with Crippen molar-refractivity contribution in [2.75, 3.05) is 23.9 Å². The van der Waals surface area contributed by atoms with E-state index in [1.165, 1.54) is 4.90 Å². The van der Waals surface area contributed by atoms with Gasteiger partial charge in [-0.05, 0) is 79.3 Å². The maximum atomic E-state index is 13.3. The fraction of sp³-hybridized carbons (Fsp3) is 0.125. The lowest BCUT2D eigenvalue weighted by Crippen LogP contribution is -2.54. The Morgan fingerprint density at radius 1 is 1.03 bits per heavy atom. The quantitative estimate of drug-likeness (QED) is 0.354. The summed E-state index contributed by atoms with van der Waals surface area (Å²) in [5, 5.41) is 3.14. The molecule has 0 aliphatic carbocycles. The number of aromatic nitrogens is 1. The van der Waals surface area contributed by atoms with Crippen molar-refractivity contribution < 1.29 is 9.59 Å². The molecule has 32 heavy (non-hydrogen) atoms. The number of halogens is 1. The minimum atomic E-state index is -0.537. The lowest BCUT2D eigenvalue weighted by molar-refractivity contribution is -0.122. The van der Waals surface area contributed by atoms with Crippen LogP contribution in [0.3, 0.4) is 0 Å². The molecule has 1 fully saturated rings. The fourth-order valence-corrected chi connectivity index (χ4v) is 3.87. The molecule has 2 aromatic carbocycles. The first-order valence-corrected chi connectivity index (χ1v) is 10.7. The SMILES string of the molecule is Cc1ccc(N2C(=O)/C(=C/c3cccn3-c3ccc(N(C)C)cc3)C(=O)NC2=S)cc1Cl. The highest BCUT2D eigenvalue weighted by Gasteiger charge is 2.34. The molecule has 1 saturated heterocycles. The van der Waals surface area contributed by atoms with E-state index in [0.29, 0.717) is 16.4 Å². The zero-order valence-corrected chi connectivity index (χ0v) is 19.4. The van der Waals surface area contributed by atoms with Crippen molar-refractivity contribution in [2.24, 2.45) is 0 Å². The van der Waals surface area contributed by atoms with Gasteiger partial charge < -0.3 is 9.47 Å². The molecule has 4 rings (SSSR count). The number of nitrogens with one attached hydrogen (secondary N) is 1. The fourth-order valence-electron chi connectivity index (χ4n) is 3.42. The van der Waals surface area contributed by atoms with E-state index in [0.717, 1.165) is 16.9 Å². The van der Waals surface area contributed by atoms with Gasteiger partial charge in [0.15, 0.2) is 5.11 Å². The third-order valence-corrected chi connectivity index (χ3v) is 5.92. The van der Waals surface area contributed by atoms with Gasteiger partial charge in [-0.25, -0.2) is 0 Å². The summed E-state index contributed by atoms with van der Waals surface area (Å²) in [6.45, 7) is 1.87. The van der Waals surface area contributed by atoms with Crippen LogP contribution in [0.4, 0.5) is 11.4 Å². The number of carbonyl (C=O) groups is 2. The average Bonchev–Trinajstić information content (AvgIpc) is 3.22. The number of nitrogens with zero attached hydrogens (tertiary/aromatic N) is 3. The molecule has 0 unspecified atom stereocenters. The number of rotatable bonds is 4. The molecule has 6 nitrogen and oxygen atoms in total. The first-order valence-electron chi connectivity index (χ1n) is 9.89. The van der Waals surface area contributed by atoms with Gasteiger partial charge >= 0.3 is 0 Å². The Morgan fingerprint density at radius 3 is 2.38 bits per heavy atom. The number of hydrogen-bond acceptors (Lipinski definition) is 4. The molecule has 2 heterocycles. The molecule has 0 bridgehead atoms. The third-order valence-electron chi connectivity index (χ3n) is 5.23. The van der Waals surface area contributed by atoms with E-state index < -0.39 is 11.8 Å². The van der Waals surface area contributed by atoms with E-state index in [-0.39, 0.29) is 10.7 Å². The lowest BCUT2D eigenvalue weighted by atomic mass is 10.1. The number of hydrogen-bond donors (Lipinski definition) is 1. The van der Waals surface area contributed by atoms with Crippen LogP contribution in [-0.2, 0) is 9.59 Å². The van der Waals surface area contributed by atoms with Crippen molar-refractivity contribution >= 4 is 58.2 Å². The monoisotopic (exact) mass is 464 g/mol. The zero-order valence-electron chi connectivity index (χ0n) is 17.8. The Labute approximate surface area is 196 Å². The van der Waals surface area contributed by atoms with E-state index in [9.17, 15) is 9.59 Å². The van der Waals surface area contributed by atoms with E-state index in [2.05, 4.69) is 5.32 Å². The molecule has 0 spiro atoms. The third kappa shape index (κ3) is 4.04. The van der Waals surface area contributed by atoms with Crippen molar-refractivity contribution in [1.82, 2.24) is 9.88 Å². The van der Waals surface area contributed by atoms with Gasteiger partial charge in [-0.15, -0.1) is 0 Å². The predicted octanol–water partition coefficient (Wildman–Crippen LogP) is 4.34. The van der Waals surface area contributed by atoms with Gasteiger partial charge in [-0.2, -0.15) is 0 Å². The highest BCUT2D eigenvalue weighted by Crippen LogP contribution is 2.27. The summed E-state index contributed by atoms with van der Waals surface area (Å²) in [5.41, 5.74) is 4.04. The number of carbonyl (C=O) groups excluding carboxylic acids is 2. The molecule has 2 amide bonds. The summed E-state index contributed by atoms with van der Waals surface area (Å²) in [6.07, 6.45) is 3.45. The molecule has 0 saturated carbocycles. The van der Waals surface area contributed by atoms with Crippen molar-refractivity contribution in [3.63, 3.8) is 0 Å². The summed E-state index contributed by atoms with van der Waals surface area (Å²) in [4.78, 5) is 29.2. The van der Waals surface area contributed by atoms with Gasteiger partial charge in [0.05, 0.1) is 5.69 Å². The topological polar surface area (TPSA) is 57.6 Å². The van der Waals surface area contributed by atoms with Crippen LogP contribution in [0.2, 0.25) is 5.02 Å². The number of amides is 2. The van der Waals surface area contributed by atoms with Gasteiger partial charge in [0.25, 0.3) is 11.8 Å². The molecule has 3 aromatic rings. The van der Waals surface area contributed by atoms with E-state index >= 15 is 0 Å². The van der Waals surface area contributed by atoms with Gasteiger partial charge in [-0.1, -0.05) is 17.7 Å². The van der Waals surface area contributed by atoms with Crippen LogP contribution >= 0.6 is 23.8 Å². The molecule has 0 radical (unpaired) electrons. The highest BCUT2D eigenvalue weighted by atomic mass is 35.5. The van der Waals surface area contributed by atoms with Crippen molar-refractivity contribution in [3.05, 3.63) is 82.6 Å². The zero-order chi connectivity index (χ0) is 23.0. The number of thiocarbonyl (C=S) groups is 1. The summed E-state index contributed by atoms with van der Waals surface area (Å²) < 4.78 is 1.91. The van der Waals surface area contributed by atoms with Crippen LogP contribution in [0.15, 0.2) is 66.4 Å². The molecule has 1 N–H and O–H groups in total. The van der Waals surface area contributed by atoms with Gasteiger partial charge in [0, 0.05) is 42.4 Å². The van der Waals surface area contributed by atoms with Crippen molar-refractivity contribution in [3.8, 4) is 5.69 Å². The molecule has 1 aromatic heterocycles. The second kappa shape index (κ2) is 8.61. The lowest BCUT2D eigenvalue weighted by Gasteiger charge is -2.29. The molecular formula is C24H21ClN4O2S. The first kappa shape index (κ1) is 21.8. The Bertz CT molecular complexity index is 1260. The molecule has 1 aliphatic heterocycles. The van der Waals surface area contributed by atoms with Crippen molar-refractivity contribution in [1.29, 1.82) is 0 Å². The molecule has 1 aliphatic rings. The number of aryl methyl sites for hydroxylation is 1. The Hall–Kier alpha value is -3.42. The Balaban J connectivity index is 1.71. The van der Waals surface area contributed by atoms with Crippen LogP contribution in [0.5, 0.6) is 0 Å². The van der Waals surface area contributed by atoms with Crippen LogP contribution < -0.4 is 15.1 Å². The number of anilines is 2. The summed E-state index contributed by atoms with van der Waals surface area (Å²) in [7, 11) is 3.95. The summed E-state index contributed by atoms with van der Waals surface area (Å²) in [5.74, 6) is -1.04. The van der Waals surface area contributed by atoms with Crippen LogP contribution in [0.1, 0.15) is 11.3 Å². The summed E-state index contributed by atoms with van der Waals surface area (Å²) in [6, 6.07) is 16.9. The molecule has 8 heteroatoms. The second-order valence-corrected chi connectivity index (χ2v) is 8.40.